The van der Waals surface area contributed by atoms with Crippen LogP contribution in [0, 0.1) is 12.8 Å². The van der Waals surface area contributed by atoms with Gasteiger partial charge in [0.2, 0.25) is 11.8 Å². The Kier molecular flexibility index (Phi) is 9.64. The van der Waals surface area contributed by atoms with E-state index in [1.54, 1.807) is 11.3 Å². The zero-order chi connectivity index (χ0) is 16.9. The molecule has 5 nitrogen and oxygen atoms in total. The number of oxazole rings is 1. The molecular weight excluding hydrogens is 393 g/mol. The summed E-state index contributed by atoms with van der Waals surface area (Å²) in [5.74, 6) is 1.77. The summed E-state index contributed by atoms with van der Waals surface area (Å²) < 4.78 is 5.70. The molecule has 0 spiro atoms. The lowest BCUT2D eigenvalue weighted by atomic mass is 9.84. The van der Waals surface area contributed by atoms with Crippen LogP contribution >= 0.6 is 36.2 Å². The minimum absolute atomic E-state index is 0. The summed E-state index contributed by atoms with van der Waals surface area (Å²) in [5.41, 5.74) is 7.55. The van der Waals surface area contributed by atoms with Gasteiger partial charge in [-0.05, 0) is 37.1 Å². The fourth-order valence-electron chi connectivity index (χ4n) is 3.42. The molecule has 0 aliphatic heterocycles. The van der Waals surface area contributed by atoms with E-state index < -0.39 is 0 Å². The van der Waals surface area contributed by atoms with Gasteiger partial charge in [0.1, 0.15) is 5.76 Å². The third-order valence-electron chi connectivity index (χ3n) is 4.81. The number of thiophene rings is 1. The second kappa shape index (κ2) is 10.9. The number of carbonyl (C=O) groups is 1. The predicted molar refractivity (Wildman–Crippen MR) is 110 cm³/mol. The van der Waals surface area contributed by atoms with Crippen molar-refractivity contribution in [2.75, 3.05) is 6.54 Å². The summed E-state index contributed by atoms with van der Waals surface area (Å²) in [6.07, 6.45) is 6.33. The molecule has 26 heavy (non-hydrogen) atoms. The topological polar surface area (TPSA) is 81.2 Å². The first kappa shape index (κ1) is 23.0. The van der Waals surface area contributed by atoms with Crippen molar-refractivity contribution < 1.29 is 9.21 Å². The quantitative estimate of drug-likeness (QED) is 0.737. The fourth-order valence-corrected chi connectivity index (χ4v) is 4.05. The van der Waals surface area contributed by atoms with E-state index in [1.165, 1.54) is 19.3 Å². The number of nitrogens with zero attached hydrogens (tertiary/aromatic N) is 1. The van der Waals surface area contributed by atoms with Crippen LogP contribution in [0.3, 0.4) is 0 Å². The van der Waals surface area contributed by atoms with Crippen LogP contribution in [-0.4, -0.2) is 23.5 Å². The Balaban J connectivity index is 0.00000169. The molecule has 1 fully saturated rings. The number of halogens is 2. The monoisotopic (exact) mass is 419 g/mol. The lowest BCUT2D eigenvalue weighted by molar-refractivity contribution is -0.121. The highest BCUT2D eigenvalue weighted by Crippen LogP contribution is 2.27. The molecule has 8 heteroatoms. The van der Waals surface area contributed by atoms with E-state index in [0.29, 0.717) is 29.8 Å². The Morgan fingerprint density at radius 3 is 2.73 bits per heavy atom. The van der Waals surface area contributed by atoms with Crippen LogP contribution in [0.2, 0.25) is 0 Å². The summed E-state index contributed by atoms with van der Waals surface area (Å²) in [5, 5.41) is 7.08. The van der Waals surface area contributed by atoms with Crippen LogP contribution in [0.25, 0.3) is 11.5 Å². The number of nitrogens with one attached hydrogen (secondary N) is 1. The first-order valence-corrected chi connectivity index (χ1v) is 9.60. The molecule has 2 heterocycles. The second-order valence-corrected chi connectivity index (χ2v) is 7.30. The molecule has 146 valence electrons. The summed E-state index contributed by atoms with van der Waals surface area (Å²) in [4.78, 5) is 16.9. The van der Waals surface area contributed by atoms with Crippen molar-refractivity contribution in [2.24, 2.45) is 11.7 Å². The Morgan fingerprint density at radius 1 is 1.38 bits per heavy atom. The van der Waals surface area contributed by atoms with E-state index in [2.05, 4.69) is 10.3 Å². The van der Waals surface area contributed by atoms with Gasteiger partial charge in [0.15, 0.2) is 0 Å². The predicted octanol–water partition coefficient (Wildman–Crippen LogP) is 4.12. The molecule has 1 saturated carbocycles. The molecule has 1 aliphatic carbocycles. The van der Waals surface area contributed by atoms with E-state index in [4.69, 9.17) is 10.2 Å². The van der Waals surface area contributed by atoms with Crippen molar-refractivity contribution >= 4 is 42.1 Å². The first-order chi connectivity index (χ1) is 11.7. The van der Waals surface area contributed by atoms with Crippen molar-refractivity contribution in [2.45, 2.75) is 51.5 Å². The molecule has 2 aromatic rings. The summed E-state index contributed by atoms with van der Waals surface area (Å²) in [6, 6.07) is 2.04. The average molecular weight is 420 g/mol. The number of hydrogen-bond donors (Lipinski definition) is 2. The molecule has 1 unspecified atom stereocenters. The number of aryl methyl sites for hydroxylation is 1. The van der Waals surface area contributed by atoms with Crippen LogP contribution in [-0.2, 0) is 11.2 Å². The van der Waals surface area contributed by atoms with Gasteiger partial charge in [-0.3, -0.25) is 4.79 Å². The average Bonchev–Trinajstić information content (AvgIpc) is 3.24. The Morgan fingerprint density at radius 2 is 2.12 bits per heavy atom. The largest absolute Gasteiger partial charge is 0.441 e. The smallest absolute Gasteiger partial charge is 0.227 e. The molecule has 0 aromatic carbocycles. The minimum atomic E-state index is -0.0238. The highest BCUT2D eigenvalue weighted by molar-refractivity contribution is 7.08. The van der Waals surface area contributed by atoms with Crippen LogP contribution in [0.4, 0.5) is 0 Å². The fraction of sp³-hybridized carbons (Fsp3) is 0.556. The van der Waals surface area contributed by atoms with E-state index in [-0.39, 0.29) is 43.2 Å². The molecule has 2 aromatic heterocycles. The van der Waals surface area contributed by atoms with Gasteiger partial charge in [0.05, 0.1) is 12.1 Å². The summed E-state index contributed by atoms with van der Waals surface area (Å²) >= 11 is 1.60. The van der Waals surface area contributed by atoms with Crippen molar-refractivity contribution in [3.63, 3.8) is 0 Å². The normalized spacial score (nSPS) is 15.6. The van der Waals surface area contributed by atoms with Crippen molar-refractivity contribution in [1.82, 2.24) is 10.3 Å². The molecule has 0 bridgehead atoms. The lowest BCUT2D eigenvalue weighted by Crippen LogP contribution is -2.46. The van der Waals surface area contributed by atoms with Crippen molar-refractivity contribution in [3.8, 4) is 11.5 Å². The van der Waals surface area contributed by atoms with Crippen molar-refractivity contribution in [3.05, 3.63) is 28.3 Å². The van der Waals surface area contributed by atoms with Gasteiger partial charge in [-0.25, -0.2) is 4.98 Å². The highest BCUT2D eigenvalue weighted by atomic mass is 35.5. The Hall–Kier alpha value is -1.08. The molecule has 1 amide bonds. The third-order valence-corrected chi connectivity index (χ3v) is 5.49. The lowest BCUT2D eigenvalue weighted by Gasteiger charge is -2.30. The number of rotatable bonds is 6. The number of amides is 1. The minimum Gasteiger partial charge on any atom is -0.441 e. The van der Waals surface area contributed by atoms with Gasteiger partial charge in [-0.2, -0.15) is 11.3 Å². The van der Waals surface area contributed by atoms with E-state index >= 15 is 0 Å². The van der Waals surface area contributed by atoms with Crippen LogP contribution < -0.4 is 11.1 Å². The van der Waals surface area contributed by atoms with Crippen molar-refractivity contribution in [1.29, 1.82) is 0 Å². The molecule has 0 radical (unpaired) electrons. The van der Waals surface area contributed by atoms with Crippen LogP contribution in [0.15, 0.2) is 21.2 Å². The Labute approximate surface area is 171 Å². The first-order valence-electron chi connectivity index (χ1n) is 8.65. The van der Waals surface area contributed by atoms with E-state index in [1.807, 2.05) is 23.8 Å². The van der Waals surface area contributed by atoms with E-state index in [9.17, 15) is 4.79 Å². The Bertz CT molecular complexity index is 670. The zero-order valence-electron chi connectivity index (χ0n) is 14.9. The highest BCUT2D eigenvalue weighted by Gasteiger charge is 2.24. The molecular formula is C18H27Cl2N3O2S. The maximum atomic E-state index is 12.4. The summed E-state index contributed by atoms with van der Waals surface area (Å²) in [7, 11) is 0. The number of aromatic nitrogens is 1. The molecule has 3 rings (SSSR count). The molecule has 3 N–H and O–H groups in total. The molecule has 0 saturated heterocycles. The maximum Gasteiger partial charge on any atom is 0.227 e. The summed E-state index contributed by atoms with van der Waals surface area (Å²) in [6.45, 7) is 2.35. The molecule has 1 aliphatic rings. The van der Waals surface area contributed by atoms with Gasteiger partial charge in [-0.1, -0.05) is 19.3 Å². The third kappa shape index (κ3) is 5.71. The van der Waals surface area contributed by atoms with Gasteiger partial charge in [0, 0.05) is 23.5 Å². The van der Waals surface area contributed by atoms with Crippen LogP contribution in [0.1, 0.15) is 43.6 Å². The number of hydrogen-bond acceptors (Lipinski definition) is 5. The zero-order valence-corrected chi connectivity index (χ0v) is 17.4. The van der Waals surface area contributed by atoms with Gasteiger partial charge < -0.3 is 15.5 Å². The number of nitrogens with two attached hydrogens (primary N) is 1. The van der Waals surface area contributed by atoms with Gasteiger partial charge in [0.25, 0.3) is 0 Å². The molecule has 1 atom stereocenters. The SMILES string of the molecule is Cc1oc(-c2ccsc2)nc1CC(=O)NC(CN)C1CCCCC1.Cl.Cl. The maximum absolute atomic E-state index is 12.4. The van der Waals surface area contributed by atoms with Gasteiger partial charge >= 0.3 is 0 Å². The van der Waals surface area contributed by atoms with E-state index in [0.717, 1.165) is 18.4 Å². The van der Waals surface area contributed by atoms with Gasteiger partial charge in [-0.15, -0.1) is 24.8 Å². The number of carbonyl (C=O) groups excluding carboxylic acids is 1. The second-order valence-electron chi connectivity index (χ2n) is 6.52. The van der Waals surface area contributed by atoms with Crippen LogP contribution in [0.5, 0.6) is 0 Å². The standard InChI is InChI=1S/C18H25N3O2S.2ClH/c1-12-15(21-18(23-12)14-7-8-24-11-14)9-17(22)20-16(10-19)13-5-3-2-4-6-13;;/h7-8,11,13,16H,2-6,9-10,19H2,1H3,(H,20,22);2*1H.